The number of ketones is 2. The molecule has 3 aliphatic rings. The number of non-ortho nitro benzene ring substituents is 1. The number of anilines is 2. The second-order valence-electron chi connectivity index (χ2n) is 11.8. The van der Waals surface area contributed by atoms with Gasteiger partial charge in [-0.05, 0) is 50.0 Å². The minimum atomic E-state index is -2.73. The number of aliphatic hydroxyl groups excluding tert-OH is 2. The van der Waals surface area contributed by atoms with Gasteiger partial charge in [-0.15, -0.1) is 0 Å². The summed E-state index contributed by atoms with van der Waals surface area (Å²) in [5.74, 6) is -7.18. The van der Waals surface area contributed by atoms with E-state index in [0.29, 0.717) is 16.8 Å². The van der Waals surface area contributed by atoms with Crippen molar-refractivity contribution in [2.45, 2.75) is 31.0 Å². The number of fused-ring (bicyclic) bond motifs is 3. The summed E-state index contributed by atoms with van der Waals surface area (Å²) in [6.07, 6.45) is 0.137. The quantitative estimate of drug-likeness (QED) is 0.115. The van der Waals surface area contributed by atoms with Gasteiger partial charge in [-0.2, -0.15) is 0 Å². The van der Waals surface area contributed by atoms with Gasteiger partial charge in [-0.25, -0.2) is 0 Å². The van der Waals surface area contributed by atoms with Crippen molar-refractivity contribution in [3.63, 3.8) is 0 Å². The summed E-state index contributed by atoms with van der Waals surface area (Å²) in [7, 11) is 6.66. The summed E-state index contributed by atoms with van der Waals surface area (Å²) in [6.45, 7) is 0.148. The van der Waals surface area contributed by atoms with Crippen molar-refractivity contribution in [1.29, 1.82) is 0 Å². The summed E-state index contributed by atoms with van der Waals surface area (Å²) in [6, 6.07) is 6.40. The van der Waals surface area contributed by atoms with Crippen molar-refractivity contribution in [3.05, 3.63) is 79.8 Å². The number of likely N-dealkylation sites (N-methyl/N-ethyl adjacent to an activating group) is 1. The minimum absolute atomic E-state index is 0.0143. The van der Waals surface area contributed by atoms with Crippen LogP contribution < -0.4 is 16.0 Å². The Morgan fingerprint density at radius 1 is 1.14 bits per heavy atom. The van der Waals surface area contributed by atoms with Gasteiger partial charge in [0.2, 0.25) is 5.78 Å². The van der Waals surface area contributed by atoms with Crippen molar-refractivity contribution in [2.75, 3.05) is 38.4 Å². The Balaban J connectivity index is 1.61. The van der Waals surface area contributed by atoms with Gasteiger partial charge in [0, 0.05) is 50.0 Å². The fourth-order valence-electron chi connectivity index (χ4n) is 6.77. The van der Waals surface area contributed by atoms with Gasteiger partial charge in [0.15, 0.2) is 11.4 Å². The highest BCUT2D eigenvalue weighted by Gasteiger charge is 2.63. The number of rotatable bonds is 7. The molecule has 14 heteroatoms. The average molecular weight is 608 g/mol. The van der Waals surface area contributed by atoms with Crippen molar-refractivity contribution in [3.8, 4) is 5.75 Å². The van der Waals surface area contributed by atoms with Crippen LogP contribution in [0.15, 0.2) is 53.0 Å². The third-order valence-corrected chi connectivity index (χ3v) is 8.81. The molecule has 7 N–H and O–H groups in total. The Hall–Kier alpha value is -4.95. The zero-order valence-corrected chi connectivity index (χ0v) is 24.5. The van der Waals surface area contributed by atoms with Gasteiger partial charge >= 0.3 is 0 Å². The number of nitro benzene ring substituents is 1. The number of aliphatic hydroxyl groups is 3. The Labute approximate surface area is 251 Å². The van der Waals surface area contributed by atoms with E-state index in [1.54, 1.807) is 51.3 Å². The summed E-state index contributed by atoms with van der Waals surface area (Å²) in [5.41, 5.74) is 3.27. The van der Waals surface area contributed by atoms with Crippen LogP contribution in [-0.4, -0.2) is 87.6 Å². The fourth-order valence-corrected chi connectivity index (χ4v) is 6.77. The molecule has 0 radical (unpaired) electrons. The summed E-state index contributed by atoms with van der Waals surface area (Å²) < 4.78 is 0. The van der Waals surface area contributed by atoms with Crippen LogP contribution in [0.3, 0.4) is 0 Å². The van der Waals surface area contributed by atoms with Crippen LogP contribution >= 0.6 is 0 Å². The molecule has 0 saturated carbocycles. The van der Waals surface area contributed by atoms with Crippen LogP contribution in [0.4, 0.5) is 17.1 Å². The van der Waals surface area contributed by atoms with Gasteiger partial charge in [0.1, 0.15) is 22.8 Å². The number of Topliss-reactive ketones (excluding diaryl/α,β-unsaturated/α-hetero) is 2. The lowest BCUT2D eigenvalue weighted by Crippen LogP contribution is -2.63. The van der Waals surface area contributed by atoms with Gasteiger partial charge < -0.3 is 36.4 Å². The molecule has 2 aromatic rings. The van der Waals surface area contributed by atoms with Crippen LogP contribution in [0.1, 0.15) is 27.9 Å². The molecular formula is C30H33N5O9. The van der Waals surface area contributed by atoms with Crippen molar-refractivity contribution >= 4 is 34.5 Å². The smallest absolute Gasteiger partial charge is 0.269 e. The number of allylic oxidation sites excluding steroid dienone is 1. The predicted octanol–water partition coefficient (Wildman–Crippen LogP) is 1.71. The molecule has 0 bridgehead atoms. The third kappa shape index (κ3) is 4.45. The first-order valence-electron chi connectivity index (χ1n) is 13.8. The minimum Gasteiger partial charge on any atom is -0.510 e. The SMILES string of the molecule is CN(C)c1cc(NCc2ccc([N+](=O)[O-])cc2)c(O)c2c1C[C@H]1C[C@H]3[C@H](N(C)C)C(O)=C(C(N)=O)C(=O)[C@@]3(O)C(O)=C1C2=O. The first kappa shape index (κ1) is 30.5. The van der Waals surface area contributed by atoms with E-state index in [0.717, 1.165) is 0 Å². The van der Waals surface area contributed by atoms with E-state index in [9.17, 15) is 44.9 Å². The summed E-state index contributed by atoms with van der Waals surface area (Å²) >= 11 is 0. The van der Waals surface area contributed by atoms with Crippen molar-refractivity contribution in [2.24, 2.45) is 17.6 Å². The molecule has 44 heavy (non-hydrogen) atoms. The Bertz CT molecular complexity index is 1680. The maximum atomic E-state index is 14.1. The van der Waals surface area contributed by atoms with Crippen LogP contribution in [0, 0.1) is 22.0 Å². The molecule has 4 atom stereocenters. The molecule has 3 aliphatic carbocycles. The van der Waals surface area contributed by atoms with Gasteiger partial charge in [-0.1, -0.05) is 12.1 Å². The zero-order valence-electron chi connectivity index (χ0n) is 24.5. The topological polar surface area (TPSA) is 220 Å². The van der Waals surface area contributed by atoms with E-state index >= 15 is 0 Å². The van der Waals surface area contributed by atoms with E-state index in [2.05, 4.69) is 5.32 Å². The number of nitrogens with one attached hydrogen (secondary N) is 1. The Morgan fingerprint density at radius 3 is 2.32 bits per heavy atom. The van der Waals surface area contributed by atoms with Crippen molar-refractivity contribution in [1.82, 2.24) is 4.90 Å². The molecule has 232 valence electrons. The molecule has 5 rings (SSSR count). The maximum Gasteiger partial charge on any atom is 0.269 e. The molecule has 0 saturated heterocycles. The number of carbonyl (C=O) groups excluding carboxylic acids is 3. The number of carbonyl (C=O) groups is 3. The lowest BCUT2D eigenvalue weighted by atomic mass is 9.58. The van der Waals surface area contributed by atoms with Crippen molar-refractivity contribution < 1.29 is 39.7 Å². The van der Waals surface area contributed by atoms with Crippen LogP contribution in [0.5, 0.6) is 5.75 Å². The number of hydrogen-bond donors (Lipinski definition) is 6. The standard InChI is InChI=1S/C30H33N5O9/c1-33(2)19-11-18(32-12-13-5-7-15(8-6-13)35(43)44)24(36)21-16(19)9-14-10-17-23(34(3)4)26(38)22(29(31)41)28(40)30(17,42)27(39)20(14)25(21)37/h5-8,11,14,17,23,32,36,38-39,42H,9-10,12H2,1-4H3,(H2,31,41)/t14-,17-,23-,30-/m0/s1. The largest absolute Gasteiger partial charge is 0.510 e. The second kappa shape index (κ2) is 10.6. The molecule has 0 aliphatic heterocycles. The number of aromatic hydroxyl groups is 1. The van der Waals surface area contributed by atoms with Crippen LogP contribution in [0.25, 0.3) is 0 Å². The number of phenolic OH excluding ortho intramolecular Hbond substituents is 1. The monoisotopic (exact) mass is 607 g/mol. The third-order valence-electron chi connectivity index (χ3n) is 8.81. The first-order chi connectivity index (χ1) is 20.6. The second-order valence-corrected chi connectivity index (χ2v) is 11.8. The number of hydrogen-bond acceptors (Lipinski definition) is 12. The highest BCUT2D eigenvalue weighted by Crippen LogP contribution is 2.54. The molecule has 14 nitrogen and oxygen atoms in total. The molecule has 0 heterocycles. The number of primary amides is 1. The first-order valence-corrected chi connectivity index (χ1v) is 13.8. The molecule has 2 aromatic carbocycles. The van der Waals surface area contributed by atoms with E-state index < -0.39 is 68.7 Å². The maximum absolute atomic E-state index is 14.1. The molecular weight excluding hydrogens is 574 g/mol. The average Bonchev–Trinajstić information content (AvgIpc) is 2.94. The summed E-state index contributed by atoms with van der Waals surface area (Å²) in [4.78, 5) is 53.5. The molecule has 0 spiro atoms. The highest BCUT2D eigenvalue weighted by molar-refractivity contribution is 6.25. The number of phenols is 1. The number of amides is 1. The molecule has 0 aromatic heterocycles. The number of nitro groups is 1. The lowest BCUT2D eigenvalue weighted by Gasteiger charge is -2.50. The van der Waals surface area contributed by atoms with E-state index in [1.165, 1.54) is 17.0 Å². The zero-order chi connectivity index (χ0) is 32.4. The highest BCUT2D eigenvalue weighted by atomic mass is 16.6. The number of benzene rings is 2. The van der Waals surface area contributed by atoms with Crippen LogP contribution in [0.2, 0.25) is 0 Å². The normalized spacial score (nSPS) is 24.5. The van der Waals surface area contributed by atoms with E-state index in [1.807, 2.05) is 0 Å². The predicted molar refractivity (Wildman–Crippen MR) is 158 cm³/mol. The van der Waals surface area contributed by atoms with E-state index in [-0.39, 0.29) is 41.9 Å². The van der Waals surface area contributed by atoms with Gasteiger partial charge in [-0.3, -0.25) is 29.4 Å². The van der Waals surface area contributed by atoms with Crippen LogP contribution in [-0.2, 0) is 22.6 Å². The summed E-state index contributed by atoms with van der Waals surface area (Å²) in [5, 5.41) is 59.6. The van der Waals surface area contributed by atoms with E-state index in [4.69, 9.17) is 5.73 Å². The number of nitrogens with two attached hydrogens (primary N) is 1. The fraction of sp³-hybridized carbons (Fsp3) is 0.367. The van der Waals surface area contributed by atoms with Gasteiger partial charge in [0.25, 0.3) is 11.6 Å². The lowest BCUT2D eigenvalue weighted by molar-refractivity contribution is -0.384. The number of nitrogens with zero attached hydrogens (tertiary/aromatic N) is 3. The molecule has 0 fully saturated rings. The Kier molecular flexibility index (Phi) is 7.38. The molecule has 0 unspecified atom stereocenters. The molecule has 1 amide bonds. The Morgan fingerprint density at radius 2 is 1.77 bits per heavy atom. The van der Waals surface area contributed by atoms with Gasteiger partial charge in [0.05, 0.1) is 22.2 Å².